The summed E-state index contributed by atoms with van der Waals surface area (Å²) in [6.45, 7) is 0. The van der Waals surface area contributed by atoms with Gasteiger partial charge in [-0.1, -0.05) is 72.8 Å². The Kier molecular flexibility index (Phi) is 3.12. The van der Waals surface area contributed by atoms with Gasteiger partial charge in [0.15, 0.2) is 0 Å². The summed E-state index contributed by atoms with van der Waals surface area (Å²) in [7, 11) is 0. The summed E-state index contributed by atoms with van der Waals surface area (Å²) in [5.74, 6) is 1.95. The molecule has 0 unspecified atom stereocenters. The third-order valence-corrected chi connectivity index (χ3v) is 6.49. The van der Waals surface area contributed by atoms with Crippen LogP contribution >= 0.6 is 0 Å². The lowest BCUT2D eigenvalue weighted by molar-refractivity contribution is 0.461. The molecule has 1 nitrogen and oxygen atoms in total. The van der Waals surface area contributed by atoms with Gasteiger partial charge in [-0.3, -0.25) is 0 Å². The maximum absolute atomic E-state index is 6.24. The fraction of sp³-hybridized carbons (Fsp3) is 0.0345. The molecule has 1 aliphatic rings. The van der Waals surface area contributed by atoms with E-state index in [1.165, 1.54) is 54.2 Å². The van der Waals surface area contributed by atoms with Gasteiger partial charge >= 0.3 is 0 Å². The van der Waals surface area contributed by atoms with Crippen LogP contribution in [0.1, 0.15) is 11.1 Å². The van der Waals surface area contributed by atoms with Gasteiger partial charge in [-0.2, -0.15) is 0 Å². The van der Waals surface area contributed by atoms with E-state index in [0.29, 0.717) is 0 Å². The Morgan fingerprint density at radius 2 is 1.23 bits per heavy atom. The van der Waals surface area contributed by atoms with Crippen LogP contribution in [0.15, 0.2) is 97.1 Å². The number of hydrogen-bond donors (Lipinski definition) is 0. The van der Waals surface area contributed by atoms with Gasteiger partial charge < -0.3 is 4.74 Å². The molecule has 6 aromatic carbocycles. The molecule has 1 heteroatoms. The first-order chi connectivity index (χ1) is 14.8. The Morgan fingerprint density at radius 1 is 0.500 bits per heavy atom. The summed E-state index contributed by atoms with van der Waals surface area (Å²) in [4.78, 5) is 0. The molecule has 0 saturated carbocycles. The summed E-state index contributed by atoms with van der Waals surface area (Å²) in [5.41, 5.74) is 2.53. The molecule has 0 aliphatic carbocycles. The zero-order valence-corrected chi connectivity index (χ0v) is 16.4. The molecule has 0 N–H and O–H groups in total. The number of benzene rings is 6. The van der Waals surface area contributed by atoms with Crippen LogP contribution in [0.3, 0.4) is 0 Å². The Labute approximate surface area is 174 Å². The van der Waals surface area contributed by atoms with E-state index < -0.39 is 0 Å². The lowest BCUT2D eigenvalue weighted by atomic mass is 9.90. The van der Waals surface area contributed by atoms with Crippen LogP contribution in [-0.2, 0) is 6.42 Å². The molecule has 0 saturated heterocycles. The van der Waals surface area contributed by atoms with E-state index in [9.17, 15) is 0 Å². The second-order valence-electron chi connectivity index (χ2n) is 8.17. The highest BCUT2D eigenvalue weighted by Gasteiger charge is 2.19. The van der Waals surface area contributed by atoms with Gasteiger partial charge in [0, 0.05) is 12.0 Å². The Balaban J connectivity index is 1.59. The van der Waals surface area contributed by atoms with E-state index in [4.69, 9.17) is 4.74 Å². The van der Waals surface area contributed by atoms with Crippen molar-refractivity contribution in [2.24, 2.45) is 0 Å². The molecule has 0 aromatic heterocycles. The van der Waals surface area contributed by atoms with Crippen molar-refractivity contribution in [2.75, 3.05) is 0 Å². The number of hydrogen-bond acceptors (Lipinski definition) is 1. The van der Waals surface area contributed by atoms with Crippen molar-refractivity contribution in [3.8, 4) is 11.5 Å². The highest BCUT2D eigenvalue weighted by Crippen LogP contribution is 2.43. The Morgan fingerprint density at radius 3 is 2.17 bits per heavy atom. The van der Waals surface area contributed by atoms with Crippen molar-refractivity contribution in [3.63, 3.8) is 0 Å². The molecule has 0 atom stereocenters. The number of fused-ring (bicyclic) bond motifs is 9. The van der Waals surface area contributed by atoms with Gasteiger partial charge in [0.1, 0.15) is 11.5 Å². The normalized spacial score (nSPS) is 12.8. The summed E-state index contributed by atoms with van der Waals surface area (Å²) in [6.07, 6.45) is 0.905. The van der Waals surface area contributed by atoms with Crippen molar-refractivity contribution >= 4 is 43.1 Å². The van der Waals surface area contributed by atoms with E-state index in [1.54, 1.807) is 0 Å². The van der Waals surface area contributed by atoms with Crippen molar-refractivity contribution in [3.05, 3.63) is 108 Å². The quantitative estimate of drug-likeness (QED) is 0.191. The molecular formula is C29H18O. The van der Waals surface area contributed by atoms with Gasteiger partial charge in [0.25, 0.3) is 0 Å². The second kappa shape index (κ2) is 5.84. The summed E-state index contributed by atoms with van der Waals surface area (Å²) in [5, 5.41) is 10.4. The topological polar surface area (TPSA) is 9.23 Å². The zero-order chi connectivity index (χ0) is 19.7. The lowest BCUT2D eigenvalue weighted by Crippen LogP contribution is -2.03. The smallest absolute Gasteiger partial charge is 0.131 e. The van der Waals surface area contributed by atoms with E-state index in [-0.39, 0.29) is 0 Å². The van der Waals surface area contributed by atoms with E-state index >= 15 is 0 Å². The minimum absolute atomic E-state index is 0.905. The Bertz CT molecular complexity index is 1640. The molecule has 30 heavy (non-hydrogen) atoms. The van der Waals surface area contributed by atoms with Gasteiger partial charge in [-0.15, -0.1) is 0 Å². The summed E-state index contributed by atoms with van der Waals surface area (Å²) in [6, 6.07) is 35.0. The fourth-order valence-corrected chi connectivity index (χ4v) is 5.03. The van der Waals surface area contributed by atoms with Gasteiger partial charge in [0.2, 0.25) is 0 Å². The van der Waals surface area contributed by atoms with Crippen molar-refractivity contribution in [1.82, 2.24) is 0 Å². The third kappa shape index (κ3) is 2.18. The maximum Gasteiger partial charge on any atom is 0.131 e. The number of para-hydroxylation sites is 1. The van der Waals surface area contributed by atoms with E-state index in [1.807, 2.05) is 6.07 Å². The zero-order valence-electron chi connectivity index (χ0n) is 16.4. The minimum atomic E-state index is 0.905. The summed E-state index contributed by atoms with van der Waals surface area (Å²) < 4.78 is 6.24. The SMILES string of the molecule is c1ccc2c(c1)Cc1c(ccc3c1ccc1ccc4cc5ccccc5cc4c13)O2. The molecule has 0 fully saturated rings. The van der Waals surface area contributed by atoms with Gasteiger partial charge in [-0.25, -0.2) is 0 Å². The van der Waals surface area contributed by atoms with Crippen LogP contribution in [0.5, 0.6) is 11.5 Å². The molecule has 0 amide bonds. The van der Waals surface area contributed by atoms with Crippen molar-refractivity contribution in [2.45, 2.75) is 6.42 Å². The predicted octanol–water partition coefficient (Wildman–Crippen LogP) is 8.00. The molecule has 6 aromatic rings. The maximum atomic E-state index is 6.24. The first kappa shape index (κ1) is 16.0. The molecule has 7 rings (SSSR count). The fourth-order valence-electron chi connectivity index (χ4n) is 5.03. The Hall–Kier alpha value is -3.84. The molecule has 0 radical (unpaired) electrons. The largest absolute Gasteiger partial charge is 0.457 e. The number of ether oxygens (including phenoxy) is 1. The van der Waals surface area contributed by atoms with Gasteiger partial charge in [0.05, 0.1) is 0 Å². The van der Waals surface area contributed by atoms with E-state index in [2.05, 4.69) is 91.0 Å². The molecule has 1 aliphatic heterocycles. The highest BCUT2D eigenvalue weighted by atomic mass is 16.5. The first-order valence-corrected chi connectivity index (χ1v) is 10.4. The van der Waals surface area contributed by atoms with Crippen molar-refractivity contribution < 1.29 is 4.74 Å². The van der Waals surface area contributed by atoms with Crippen LogP contribution in [0.25, 0.3) is 43.1 Å². The predicted molar refractivity (Wildman–Crippen MR) is 126 cm³/mol. The monoisotopic (exact) mass is 382 g/mol. The van der Waals surface area contributed by atoms with Crippen LogP contribution in [0.4, 0.5) is 0 Å². The van der Waals surface area contributed by atoms with Crippen LogP contribution in [-0.4, -0.2) is 0 Å². The average Bonchev–Trinajstić information content (AvgIpc) is 2.80. The molecule has 0 bridgehead atoms. The third-order valence-electron chi connectivity index (χ3n) is 6.49. The molecule has 1 heterocycles. The lowest BCUT2D eigenvalue weighted by Gasteiger charge is -2.22. The molecular weight excluding hydrogens is 364 g/mol. The number of rotatable bonds is 0. The van der Waals surface area contributed by atoms with Gasteiger partial charge in [-0.05, 0) is 72.9 Å². The summed E-state index contributed by atoms with van der Waals surface area (Å²) >= 11 is 0. The van der Waals surface area contributed by atoms with Crippen molar-refractivity contribution in [1.29, 1.82) is 0 Å². The standard InChI is InChI=1S/C29H18O/c1-2-6-20-16-25-21(15-19(20)5-1)10-9-18-11-12-23-24(29(18)25)13-14-28-26(23)17-22-7-3-4-8-27(22)30-28/h1-16H,17H2. The second-order valence-corrected chi connectivity index (χ2v) is 8.17. The molecule has 140 valence electrons. The van der Waals surface area contributed by atoms with Crippen LogP contribution in [0, 0.1) is 0 Å². The van der Waals surface area contributed by atoms with Crippen LogP contribution < -0.4 is 4.74 Å². The minimum Gasteiger partial charge on any atom is -0.457 e. The van der Waals surface area contributed by atoms with E-state index in [0.717, 1.165) is 17.9 Å². The highest BCUT2D eigenvalue weighted by molar-refractivity contribution is 6.22. The molecule has 0 spiro atoms. The van der Waals surface area contributed by atoms with Crippen LogP contribution in [0.2, 0.25) is 0 Å². The average molecular weight is 382 g/mol. The first-order valence-electron chi connectivity index (χ1n) is 10.4.